The van der Waals surface area contributed by atoms with Gasteiger partial charge in [-0.15, -0.1) is 0 Å². The van der Waals surface area contributed by atoms with Crippen LogP contribution < -0.4 is 5.32 Å². The average Bonchev–Trinajstić information content (AvgIpc) is 2.94. The molecule has 1 fully saturated rings. The van der Waals surface area contributed by atoms with Crippen LogP contribution >= 0.6 is 0 Å². The van der Waals surface area contributed by atoms with Crippen LogP contribution in [-0.4, -0.2) is 53.5 Å². The molecule has 2 heterocycles. The van der Waals surface area contributed by atoms with Crippen molar-refractivity contribution in [2.45, 2.75) is 52.4 Å². The molecule has 1 unspecified atom stereocenters. The monoisotopic (exact) mass is 323 g/mol. The number of aryl methyl sites for hydroxylation is 1. The van der Waals surface area contributed by atoms with E-state index in [1.165, 1.54) is 5.56 Å². The summed E-state index contributed by atoms with van der Waals surface area (Å²) in [5.41, 5.74) is 0.767. The van der Waals surface area contributed by atoms with Gasteiger partial charge in [0, 0.05) is 38.6 Å². The second kappa shape index (κ2) is 7.84. The van der Waals surface area contributed by atoms with Gasteiger partial charge in [-0.3, -0.25) is 4.90 Å². The van der Waals surface area contributed by atoms with Crippen molar-refractivity contribution in [2.24, 2.45) is 0 Å². The summed E-state index contributed by atoms with van der Waals surface area (Å²) in [4.78, 5) is 14.1. The number of morpholine rings is 1. The van der Waals surface area contributed by atoms with Crippen molar-refractivity contribution in [3.63, 3.8) is 0 Å². The lowest BCUT2D eigenvalue weighted by Crippen LogP contribution is -2.53. The minimum absolute atomic E-state index is 0.00635. The van der Waals surface area contributed by atoms with E-state index in [9.17, 15) is 4.79 Å². The van der Waals surface area contributed by atoms with Crippen molar-refractivity contribution >= 4 is 6.09 Å². The minimum atomic E-state index is -0.476. The van der Waals surface area contributed by atoms with E-state index >= 15 is 0 Å². The second-order valence-electron chi connectivity index (χ2n) is 6.88. The van der Waals surface area contributed by atoms with Crippen LogP contribution in [0.25, 0.3) is 0 Å². The molecule has 0 bridgehead atoms. The Bertz CT molecular complexity index is 507. The molecule has 1 aromatic rings. The van der Waals surface area contributed by atoms with E-state index < -0.39 is 5.60 Å². The normalized spacial score (nSPS) is 19.0. The van der Waals surface area contributed by atoms with Gasteiger partial charge in [-0.25, -0.2) is 4.79 Å². The average molecular weight is 323 g/mol. The Kier molecular flexibility index (Phi) is 6.07. The first kappa shape index (κ1) is 17.8. The fourth-order valence-electron chi connectivity index (χ4n) is 2.56. The summed E-state index contributed by atoms with van der Waals surface area (Å²) in [6.45, 7) is 11.9. The van der Waals surface area contributed by atoms with E-state index in [-0.39, 0.29) is 12.1 Å². The van der Waals surface area contributed by atoms with Crippen LogP contribution in [0.5, 0.6) is 0 Å². The smallest absolute Gasteiger partial charge is 0.410 e. The van der Waals surface area contributed by atoms with Gasteiger partial charge in [0.1, 0.15) is 5.60 Å². The fraction of sp³-hybridized carbons (Fsp3) is 0.706. The van der Waals surface area contributed by atoms with Gasteiger partial charge in [-0.2, -0.15) is 0 Å². The molecule has 1 N–H and O–H groups in total. The maximum absolute atomic E-state index is 12.3. The molecule has 1 aliphatic heterocycles. The van der Waals surface area contributed by atoms with Crippen molar-refractivity contribution < 1.29 is 14.3 Å². The third kappa shape index (κ3) is 5.55. The summed E-state index contributed by atoms with van der Waals surface area (Å²) in [7, 11) is 0. The first-order chi connectivity index (χ1) is 10.9. The summed E-state index contributed by atoms with van der Waals surface area (Å²) in [6.07, 6.45) is 3.95. The number of carbonyl (C=O) groups excluding carboxylic acids is 1. The number of hydrogen-bond donors (Lipinski definition) is 1. The highest BCUT2D eigenvalue weighted by Gasteiger charge is 2.30. The number of rotatable bonds is 5. The van der Waals surface area contributed by atoms with Gasteiger partial charge in [0.05, 0.1) is 19.3 Å². The molecule has 23 heavy (non-hydrogen) atoms. The standard InChI is InChI=1S/C17H29N3O3/c1-5-19-7-6-14(12-19)10-18-11-15-13-22-9-8-20(15)16(21)23-17(2,3)4/h6-7,12,15,18H,5,8-11,13H2,1-4H3. The Hall–Kier alpha value is -1.53. The summed E-state index contributed by atoms with van der Waals surface area (Å²) >= 11 is 0. The van der Waals surface area contributed by atoms with Crippen LogP contribution in [0.15, 0.2) is 18.5 Å². The topological polar surface area (TPSA) is 55.7 Å². The zero-order chi connectivity index (χ0) is 16.9. The van der Waals surface area contributed by atoms with Crippen molar-refractivity contribution in [1.29, 1.82) is 0 Å². The molecule has 130 valence electrons. The predicted molar refractivity (Wildman–Crippen MR) is 89.4 cm³/mol. The highest BCUT2D eigenvalue weighted by Crippen LogP contribution is 2.14. The lowest BCUT2D eigenvalue weighted by atomic mass is 10.2. The van der Waals surface area contributed by atoms with Gasteiger partial charge < -0.3 is 19.4 Å². The fourth-order valence-corrected chi connectivity index (χ4v) is 2.56. The molecule has 0 aliphatic carbocycles. The van der Waals surface area contributed by atoms with Gasteiger partial charge in [0.15, 0.2) is 0 Å². The summed E-state index contributed by atoms with van der Waals surface area (Å²) in [6, 6.07) is 2.12. The zero-order valence-corrected chi connectivity index (χ0v) is 14.7. The predicted octanol–water partition coefficient (Wildman–Crippen LogP) is 2.23. The van der Waals surface area contributed by atoms with Crippen LogP contribution in [-0.2, 0) is 22.6 Å². The van der Waals surface area contributed by atoms with Crippen molar-refractivity contribution in [1.82, 2.24) is 14.8 Å². The Morgan fingerprint density at radius 1 is 1.48 bits per heavy atom. The van der Waals surface area contributed by atoms with Gasteiger partial charge in [0.2, 0.25) is 0 Å². The second-order valence-corrected chi connectivity index (χ2v) is 6.88. The third-order valence-electron chi connectivity index (χ3n) is 3.74. The van der Waals surface area contributed by atoms with Gasteiger partial charge >= 0.3 is 6.09 Å². The van der Waals surface area contributed by atoms with Crippen LogP contribution in [0.1, 0.15) is 33.3 Å². The number of aromatic nitrogens is 1. The van der Waals surface area contributed by atoms with E-state index in [1.807, 2.05) is 20.8 Å². The summed E-state index contributed by atoms with van der Waals surface area (Å²) in [5.74, 6) is 0. The molecular formula is C17H29N3O3. The molecule has 1 aromatic heterocycles. The van der Waals surface area contributed by atoms with Crippen molar-refractivity contribution in [2.75, 3.05) is 26.3 Å². The van der Waals surface area contributed by atoms with Crippen LogP contribution in [0, 0.1) is 0 Å². The molecule has 1 aliphatic rings. The van der Waals surface area contributed by atoms with E-state index in [0.717, 1.165) is 13.1 Å². The molecule has 0 aromatic carbocycles. The molecule has 2 rings (SSSR count). The first-order valence-corrected chi connectivity index (χ1v) is 8.32. The maximum Gasteiger partial charge on any atom is 0.410 e. The minimum Gasteiger partial charge on any atom is -0.444 e. The van der Waals surface area contributed by atoms with E-state index in [4.69, 9.17) is 9.47 Å². The lowest BCUT2D eigenvalue weighted by Gasteiger charge is -2.36. The SMILES string of the molecule is CCn1ccc(CNCC2COCCN2C(=O)OC(C)(C)C)c1. The number of nitrogens with one attached hydrogen (secondary N) is 1. The Morgan fingerprint density at radius 3 is 2.91 bits per heavy atom. The van der Waals surface area contributed by atoms with E-state index in [0.29, 0.717) is 26.3 Å². The first-order valence-electron chi connectivity index (χ1n) is 8.32. The largest absolute Gasteiger partial charge is 0.444 e. The van der Waals surface area contributed by atoms with E-state index in [2.05, 4.69) is 35.3 Å². The number of ether oxygens (including phenoxy) is 2. The molecule has 1 saturated heterocycles. The lowest BCUT2D eigenvalue weighted by molar-refractivity contribution is -0.0317. The zero-order valence-electron chi connectivity index (χ0n) is 14.7. The van der Waals surface area contributed by atoms with Gasteiger partial charge in [-0.1, -0.05) is 0 Å². The molecule has 0 saturated carbocycles. The van der Waals surface area contributed by atoms with Crippen LogP contribution in [0.3, 0.4) is 0 Å². The summed E-state index contributed by atoms with van der Waals surface area (Å²) < 4.78 is 13.2. The Labute approximate surface area is 138 Å². The number of carbonyl (C=O) groups is 1. The quantitative estimate of drug-likeness (QED) is 0.903. The third-order valence-corrected chi connectivity index (χ3v) is 3.74. The van der Waals surface area contributed by atoms with Crippen LogP contribution in [0.4, 0.5) is 4.79 Å². The van der Waals surface area contributed by atoms with Crippen molar-refractivity contribution in [3.8, 4) is 0 Å². The van der Waals surface area contributed by atoms with Gasteiger partial charge in [-0.05, 0) is 39.3 Å². The summed E-state index contributed by atoms with van der Waals surface area (Å²) in [5, 5.41) is 3.41. The molecule has 6 nitrogen and oxygen atoms in total. The Balaban J connectivity index is 1.84. The molecule has 0 radical (unpaired) electrons. The Morgan fingerprint density at radius 2 is 2.26 bits per heavy atom. The molecule has 1 atom stereocenters. The van der Waals surface area contributed by atoms with E-state index in [1.54, 1.807) is 4.90 Å². The van der Waals surface area contributed by atoms with Crippen LogP contribution in [0.2, 0.25) is 0 Å². The number of amides is 1. The molecule has 0 spiro atoms. The number of nitrogens with zero attached hydrogens (tertiary/aromatic N) is 2. The maximum atomic E-state index is 12.3. The highest BCUT2D eigenvalue weighted by atomic mass is 16.6. The molecular weight excluding hydrogens is 294 g/mol. The molecule has 6 heteroatoms. The highest BCUT2D eigenvalue weighted by molar-refractivity contribution is 5.68. The molecule has 1 amide bonds. The van der Waals surface area contributed by atoms with Gasteiger partial charge in [0.25, 0.3) is 0 Å². The van der Waals surface area contributed by atoms with Crippen molar-refractivity contribution in [3.05, 3.63) is 24.0 Å². The number of hydrogen-bond acceptors (Lipinski definition) is 4.